The van der Waals surface area contributed by atoms with Gasteiger partial charge in [0.25, 0.3) is 0 Å². The van der Waals surface area contributed by atoms with Gasteiger partial charge in [0, 0.05) is 0 Å². The molecule has 1 fully saturated rings. The SMILES string of the molecule is CC(C)=CCC/C(C)=C/CC/C(C)=C/CC[C@H](O[C@@H]1O[C@H](CO)[C@@H](O)[C@H](O)[C@@H]1O)[C@@](C)(O)CC/C=C(\C)CCC=C(C)C. The lowest BCUT2D eigenvalue weighted by atomic mass is 9.89. The number of allylic oxidation sites excluding steroid dienone is 10. The molecule has 1 aliphatic heterocycles. The number of hydrogen-bond acceptors (Lipinski definition) is 7. The first-order chi connectivity index (χ1) is 20.2. The number of rotatable bonds is 19. The van der Waals surface area contributed by atoms with Crippen LogP contribution >= 0.6 is 0 Å². The van der Waals surface area contributed by atoms with Crippen molar-refractivity contribution in [3.05, 3.63) is 58.2 Å². The van der Waals surface area contributed by atoms with Gasteiger partial charge in [0.1, 0.15) is 24.4 Å². The molecule has 5 N–H and O–H groups in total. The minimum atomic E-state index is -1.53. The highest BCUT2D eigenvalue weighted by Gasteiger charge is 2.46. The highest BCUT2D eigenvalue weighted by Crippen LogP contribution is 2.30. The molecule has 1 aliphatic rings. The fourth-order valence-electron chi connectivity index (χ4n) is 5.15. The zero-order valence-electron chi connectivity index (χ0n) is 28.2. The maximum absolute atomic E-state index is 11.6. The Morgan fingerprint density at radius 3 is 1.65 bits per heavy atom. The van der Waals surface area contributed by atoms with Crippen LogP contribution in [0.15, 0.2) is 58.2 Å². The molecule has 0 saturated carbocycles. The van der Waals surface area contributed by atoms with E-state index in [0.717, 1.165) is 38.5 Å². The van der Waals surface area contributed by atoms with E-state index in [0.29, 0.717) is 25.7 Å². The summed E-state index contributed by atoms with van der Waals surface area (Å²) in [5.41, 5.74) is 5.32. The Balaban J connectivity index is 2.91. The van der Waals surface area contributed by atoms with Crippen LogP contribution in [0.25, 0.3) is 0 Å². The Bertz CT molecular complexity index is 949. The van der Waals surface area contributed by atoms with E-state index >= 15 is 0 Å². The lowest BCUT2D eigenvalue weighted by molar-refractivity contribution is -0.323. The number of hydrogen-bond donors (Lipinski definition) is 5. The van der Waals surface area contributed by atoms with Crippen LogP contribution in [-0.2, 0) is 9.47 Å². The third-order valence-electron chi connectivity index (χ3n) is 8.12. The number of aliphatic hydroxyl groups is 5. The Labute approximate surface area is 261 Å². The van der Waals surface area contributed by atoms with Crippen molar-refractivity contribution in [3.63, 3.8) is 0 Å². The molecule has 43 heavy (non-hydrogen) atoms. The van der Waals surface area contributed by atoms with Crippen molar-refractivity contribution in [3.8, 4) is 0 Å². The minimum Gasteiger partial charge on any atom is -0.394 e. The number of ether oxygens (including phenoxy) is 2. The second kappa shape index (κ2) is 20.5. The molecule has 0 aromatic rings. The van der Waals surface area contributed by atoms with Crippen LogP contribution in [0, 0.1) is 0 Å². The molecule has 248 valence electrons. The van der Waals surface area contributed by atoms with Crippen molar-refractivity contribution >= 4 is 0 Å². The second-order valence-electron chi connectivity index (χ2n) is 13.1. The zero-order chi connectivity index (χ0) is 32.6. The van der Waals surface area contributed by atoms with E-state index in [-0.39, 0.29) is 0 Å². The van der Waals surface area contributed by atoms with Gasteiger partial charge < -0.3 is 35.0 Å². The molecule has 0 aromatic carbocycles. The van der Waals surface area contributed by atoms with Crippen LogP contribution in [0.2, 0.25) is 0 Å². The summed E-state index contributed by atoms with van der Waals surface area (Å²) in [4.78, 5) is 0. The van der Waals surface area contributed by atoms with E-state index in [9.17, 15) is 25.5 Å². The van der Waals surface area contributed by atoms with Crippen molar-refractivity contribution < 1.29 is 35.0 Å². The summed E-state index contributed by atoms with van der Waals surface area (Å²) < 4.78 is 11.8. The van der Waals surface area contributed by atoms with Crippen LogP contribution in [-0.4, -0.2) is 74.6 Å². The van der Waals surface area contributed by atoms with Gasteiger partial charge in [-0.15, -0.1) is 0 Å². The van der Waals surface area contributed by atoms with E-state index in [1.54, 1.807) is 6.92 Å². The smallest absolute Gasteiger partial charge is 0.187 e. The summed E-state index contributed by atoms with van der Waals surface area (Å²) in [6.45, 7) is 16.0. The first-order valence-electron chi connectivity index (χ1n) is 16.1. The third-order valence-corrected chi connectivity index (χ3v) is 8.12. The first kappa shape index (κ1) is 39.4. The molecule has 0 unspecified atom stereocenters. The third kappa shape index (κ3) is 15.8. The van der Waals surface area contributed by atoms with Crippen molar-refractivity contribution in [1.29, 1.82) is 0 Å². The summed E-state index contributed by atoms with van der Waals surface area (Å²) >= 11 is 0. The van der Waals surface area contributed by atoms with Gasteiger partial charge in [0.05, 0.1) is 18.3 Å². The summed E-state index contributed by atoms with van der Waals surface area (Å²) in [5.74, 6) is 0. The predicted octanol–water partition coefficient (Wildman–Crippen LogP) is 6.59. The molecule has 7 atom stereocenters. The molecule has 0 spiro atoms. The predicted molar refractivity (Wildman–Crippen MR) is 176 cm³/mol. The van der Waals surface area contributed by atoms with Gasteiger partial charge in [-0.3, -0.25) is 0 Å². The van der Waals surface area contributed by atoms with Crippen LogP contribution in [0.5, 0.6) is 0 Å². The monoisotopic (exact) mass is 606 g/mol. The molecule has 0 aromatic heterocycles. The Morgan fingerprint density at radius 2 is 1.16 bits per heavy atom. The standard InChI is InChI=1S/C36H62O7/c1-25(2)14-9-16-27(5)18-11-19-28(6)20-12-22-31(43-35-34(40)33(39)32(38)30(24-37)42-35)36(8,41)23-13-21-29(7)17-10-15-26(3)4/h14-15,18,20-21,30-35,37-41H,9-13,16-17,19,22-24H2,1-8H3/b27-18+,28-20+,29-21+/t30-,31+,32-,33+,34+,35+,36+/m1/s1. The lowest BCUT2D eigenvalue weighted by Gasteiger charge is -2.43. The average Bonchev–Trinajstić information content (AvgIpc) is 2.91. The summed E-state index contributed by atoms with van der Waals surface area (Å²) in [5, 5.41) is 52.2. The molecule has 7 nitrogen and oxygen atoms in total. The van der Waals surface area contributed by atoms with Gasteiger partial charge in [-0.2, -0.15) is 0 Å². The zero-order valence-corrected chi connectivity index (χ0v) is 28.2. The second-order valence-corrected chi connectivity index (χ2v) is 13.1. The van der Waals surface area contributed by atoms with Crippen LogP contribution in [0.4, 0.5) is 0 Å². The van der Waals surface area contributed by atoms with Crippen molar-refractivity contribution in [1.82, 2.24) is 0 Å². The Hall–Kier alpha value is -1.58. The van der Waals surface area contributed by atoms with E-state index in [1.165, 1.54) is 27.9 Å². The highest BCUT2D eigenvalue weighted by molar-refractivity contribution is 5.06. The molecule has 0 aliphatic carbocycles. The fraction of sp³-hybridized carbons (Fsp3) is 0.722. The highest BCUT2D eigenvalue weighted by atomic mass is 16.7. The molecule has 0 radical (unpaired) electrons. The summed E-state index contributed by atoms with van der Waals surface area (Å²) in [7, 11) is 0. The molecule has 1 heterocycles. The lowest BCUT2D eigenvalue weighted by Crippen LogP contribution is -2.60. The molecule has 0 amide bonds. The molecule has 1 saturated heterocycles. The quantitative estimate of drug-likeness (QED) is 0.105. The fourth-order valence-corrected chi connectivity index (χ4v) is 5.15. The Morgan fingerprint density at radius 1 is 0.698 bits per heavy atom. The summed E-state index contributed by atoms with van der Waals surface area (Å²) in [6, 6.07) is 0. The first-order valence-corrected chi connectivity index (χ1v) is 16.1. The van der Waals surface area contributed by atoms with E-state index in [4.69, 9.17) is 9.47 Å². The minimum absolute atomic E-state index is 0.439. The molecular weight excluding hydrogens is 544 g/mol. The van der Waals surface area contributed by atoms with E-state index < -0.39 is 49.0 Å². The van der Waals surface area contributed by atoms with Crippen LogP contribution in [0.1, 0.15) is 120 Å². The molecule has 0 bridgehead atoms. The number of aliphatic hydroxyl groups excluding tert-OH is 4. The van der Waals surface area contributed by atoms with Crippen LogP contribution in [0.3, 0.4) is 0 Å². The normalized spacial score (nSPS) is 25.7. The Kier molecular flexibility index (Phi) is 18.8. The average molecular weight is 607 g/mol. The van der Waals surface area contributed by atoms with Crippen molar-refractivity contribution in [2.45, 2.75) is 162 Å². The van der Waals surface area contributed by atoms with E-state index in [2.05, 4.69) is 78.8 Å². The van der Waals surface area contributed by atoms with E-state index in [1.807, 2.05) is 0 Å². The molecule has 7 heteroatoms. The topological polar surface area (TPSA) is 120 Å². The van der Waals surface area contributed by atoms with Crippen LogP contribution < -0.4 is 0 Å². The van der Waals surface area contributed by atoms with Gasteiger partial charge in [-0.05, 0) is 120 Å². The molecule has 1 rings (SSSR count). The maximum Gasteiger partial charge on any atom is 0.187 e. The van der Waals surface area contributed by atoms with Gasteiger partial charge in [0.15, 0.2) is 6.29 Å². The largest absolute Gasteiger partial charge is 0.394 e. The summed E-state index contributed by atoms with van der Waals surface area (Å²) in [6.07, 6.45) is 11.8. The van der Waals surface area contributed by atoms with Gasteiger partial charge in [0.2, 0.25) is 0 Å². The van der Waals surface area contributed by atoms with Gasteiger partial charge in [-0.25, -0.2) is 0 Å². The van der Waals surface area contributed by atoms with Crippen molar-refractivity contribution in [2.75, 3.05) is 6.61 Å². The molecular formula is C36H62O7. The van der Waals surface area contributed by atoms with Gasteiger partial charge in [-0.1, -0.05) is 58.2 Å². The van der Waals surface area contributed by atoms with Gasteiger partial charge >= 0.3 is 0 Å². The van der Waals surface area contributed by atoms with Crippen molar-refractivity contribution in [2.24, 2.45) is 0 Å². The maximum atomic E-state index is 11.6.